The van der Waals surface area contributed by atoms with Crippen molar-refractivity contribution in [2.75, 3.05) is 0 Å². The van der Waals surface area contributed by atoms with Gasteiger partial charge >= 0.3 is 0 Å². The Labute approximate surface area is 107 Å². The second kappa shape index (κ2) is 6.41. The summed E-state index contributed by atoms with van der Waals surface area (Å²) in [7, 11) is 0. The van der Waals surface area contributed by atoms with Gasteiger partial charge in [-0.25, -0.2) is 0 Å². The molecule has 0 aliphatic heterocycles. The van der Waals surface area contributed by atoms with Crippen LogP contribution in [0.5, 0.6) is 0 Å². The van der Waals surface area contributed by atoms with Crippen LogP contribution in [-0.2, 0) is 0 Å². The molecule has 0 spiro atoms. The summed E-state index contributed by atoms with van der Waals surface area (Å²) >= 11 is 3.52. The summed E-state index contributed by atoms with van der Waals surface area (Å²) in [5, 5.41) is 10.2. The topological polar surface area (TPSA) is 20.2 Å². The highest BCUT2D eigenvalue weighted by molar-refractivity contribution is 9.10. The summed E-state index contributed by atoms with van der Waals surface area (Å²) in [4.78, 5) is 0. The van der Waals surface area contributed by atoms with Crippen LogP contribution in [0.3, 0.4) is 0 Å². The molecule has 0 heterocycles. The second-order valence-electron chi connectivity index (χ2n) is 4.67. The fourth-order valence-electron chi connectivity index (χ4n) is 2.02. The van der Waals surface area contributed by atoms with E-state index in [0.717, 1.165) is 16.5 Å². The van der Waals surface area contributed by atoms with Crippen LogP contribution >= 0.6 is 15.9 Å². The summed E-state index contributed by atoms with van der Waals surface area (Å²) in [5.41, 5.74) is 2.22. The standard InChI is InChI=1S/C14H21BrO/c1-4-5-10(2)9-14(16)12-7-6-11(3)8-13(12)15/h6-8,10,14,16H,4-5,9H2,1-3H3. The molecular formula is C14H21BrO. The molecule has 16 heavy (non-hydrogen) atoms. The number of aliphatic hydroxyl groups excluding tert-OH is 1. The van der Waals surface area contributed by atoms with Crippen molar-refractivity contribution in [1.29, 1.82) is 0 Å². The number of hydrogen-bond donors (Lipinski definition) is 1. The number of benzene rings is 1. The maximum atomic E-state index is 10.2. The monoisotopic (exact) mass is 284 g/mol. The van der Waals surface area contributed by atoms with Crippen molar-refractivity contribution in [2.45, 2.75) is 46.1 Å². The van der Waals surface area contributed by atoms with Crippen molar-refractivity contribution in [3.63, 3.8) is 0 Å². The van der Waals surface area contributed by atoms with Gasteiger partial charge in [0.25, 0.3) is 0 Å². The zero-order valence-corrected chi connectivity index (χ0v) is 11.9. The molecule has 2 atom stereocenters. The quantitative estimate of drug-likeness (QED) is 0.837. The third-order valence-corrected chi connectivity index (χ3v) is 3.61. The van der Waals surface area contributed by atoms with Crippen LogP contribution in [-0.4, -0.2) is 5.11 Å². The first-order valence-corrected chi connectivity index (χ1v) is 6.78. The summed E-state index contributed by atoms with van der Waals surface area (Å²) in [5.74, 6) is 0.577. The molecule has 0 saturated heterocycles. The lowest BCUT2D eigenvalue weighted by Gasteiger charge is -2.17. The van der Waals surface area contributed by atoms with E-state index in [2.05, 4.69) is 42.8 Å². The van der Waals surface area contributed by atoms with Crippen molar-refractivity contribution in [2.24, 2.45) is 5.92 Å². The molecule has 0 bridgehead atoms. The molecule has 90 valence electrons. The van der Waals surface area contributed by atoms with Crippen molar-refractivity contribution < 1.29 is 5.11 Å². The number of hydrogen-bond acceptors (Lipinski definition) is 1. The SMILES string of the molecule is CCCC(C)CC(O)c1ccc(C)cc1Br. The molecule has 0 saturated carbocycles. The Bertz CT molecular complexity index is 336. The van der Waals surface area contributed by atoms with E-state index in [1.165, 1.54) is 18.4 Å². The molecule has 1 aromatic carbocycles. The Morgan fingerprint density at radius 2 is 2.06 bits per heavy atom. The zero-order valence-electron chi connectivity index (χ0n) is 10.3. The van der Waals surface area contributed by atoms with Crippen molar-refractivity contribution in [3.05, 3.63) is 33.8 Å². The number of aryl methyl sites for hydroxylation is 1. The number of halogens is 1. The van der Waals surface area contributed by atoms with Crippen molar-refractivity contribution in [3.8, 4) is 0 Å². The molecule has 0 amide bonds. The molecular weight excluding hydrogens is 264 g/mol. The third kappa shape index (κ3) is 3.91. The van der Waals surface area contributed by atoms with E-state index in [1.54, 1.807) is 0 Å². The van der Waals surface area contributed by atoms with Gasteiger partial charge in [-0.1, -0.05) is 54.8 Å². The lowest BCUT2D eigenvalue weighted by atomic mass is 9.94. The molecule has 0 fully saturated rings. The molecule has 2 heteroatoms. The first-order valence-electron chi connectivity index (χ1n) is 5.98. The highest BCUT2D eigenvalue weighted by Crippen LogP contribution is 2.29. The lowest BCUT2D eigenvalue weighted by Crippen LogP contribution is -2.05. The molecule has 0 aliphatic rings. The zero-order chi connectivity index (χ0) is 12.1. The van der Waals surface area contributed by atoms with Gasteiger partial charge < -0.3 is 5.11 Å². The van der Waals surface area contributed by atoms with E-state index in [4.69, 9.17) is 0 Å². The van der Waals surface area contributed by atoms with Gasteiger partial charge in [0.1, 0.15) is 0 Å². The number of aliphatic hydroxyl groups is 1. The van der Waals surface area contributed by atoms with Gasteiger partial charge in [0.05, 0.1) is 6.10 Å². The van der Waals surface area contributed by atoms with Gasteiger partial charge in [0.2, 0.25) is 0 Å². The molecule has 1 N–H and O–H groups in total. The minimum absolute atomic E-state index is 0.350. The van der Waals surface area contributed by atoms with E-state index in [-0.39, 0.29) is 6.10 Å². The van der Waals surface area contributed by atoms with Crippen LogP contribution in [0.2, 0.25) is 0 Å². The van der Waals surface area contributed by atoms with E-state index in [1.807, 2.05) is 12.1 Å². The third-order valence-electron chi connectivity index (χ3n) is 2.92. The van der Waals surface area contributed by atoms with Gasteiger partial charge in [-0.05, 0) is 36.5 Å². The number of rotatable bonds is 5. The Kier molecular flexibility index (Phi) is 5.50. The lowest BCUT2D eigenvalue weighted by molar-refractivity contribution is 0.144. The van der Waals surface area contributed by atoms with Crippen LogP contribution in [0, 0.1) is 12.8 Å². The molecule has 0 aliphatic carbocycles. The molecule has 1 rings (SSSR count). The Morgan fingerprint density at radius 1 is 1.38 bits per heavy atom. The average molecular weight is 285 g/mol. The van der Waals surface area contributed by atoms with Gasteiger partial charge in [-0.3, -0.25) is 0 Å². The van der Waals surface area contributed by atoms with E-state index >= 15 is 0 Å². The van der Waals surface area contributed by atoms with E-state index in [0.29, 0.717) is 5.92 Å². The highest BCUT2D eigenvalue weighted by atomic mass is 79.9. The fraction of sp³-hybridized carbons (Fsp3) is 0.571. The maximum Gasteiger partial charge on any atom is 0.0803 e. The normalized spacial score (nSPS) is 14.8. The van der Waals surface area contributed by atoms with Crippen LogP contribution in [0.4, 0.5) is 0 Å². The van der Waals surface area contributed by atoms with Crippen LogP contribution < -0.4 is 0 Å². The van der Waals surface area contributed by atoms with Crippen LogP contribution in [0.25, 0.3) is 0 Å². The largest absolute Gasteiger partial charge is 0.388 e. The molecule has 1 aromatic rings. The minimum atomic E-state index is -0.350. The Balaban J connectivity index is 2.69. The summed E-state index contributed by atoms with van der Waals surface area (Å²) in [6.45, 7) is 6.44. The minimum Gasteiger partial charge on any atom is -0.388 e. The summed E-state index contributed by atoms with van der Waals surface area (Å²) in [6, 6.07) is 6.12. The maximum absolute atomic E-state index is 10.2. The predicted octanol–water partition coefficient (Wildman–Crippen LogP) is 4.62. The van der Waals surface area contributed by atoms with Gasteiger partial charge in [0, 0.05) is 4.47 Å². The molecule has 1 nitrogen and oxygen atoms in total. The highest BCUT2D eigenvalue weighted by Gasteiger charge is 2.14. The smallest absolute Gasteiger partial charge is 0.0803 e. The Morgan fingerprint density at radius 3 is 2.62 bits per heavy atom. The summed E-state index contributed by atoms with van der Waals surface area (Å²) in [6.07, 6.45) is 2.86. The van der Waals surface area contributed by atoms with Gasteiger partial charge in [0.15, 0.2) is 0 Å². The predicted molar refractivity (Wildman–Crippen MR) is 72.5 cm³/mol. The van der Waals surface area contributed by atoms with E-state index < -0.39 is 0 Å². The first kappa shape index (κ1) is 13.7. The second-order valence-corrected chi connectivity index (χ2v) is 5.52. The molecule has 0 radical (unpaired) electrons. The van der Waals surface area contributed by atoms with Crippen LogP contribution in [0.1, 0.15) is 50.3 Å². The first-order chi connectivity index (χ1) is 7.54. The molecule has 2 unspecified atom stereocenters. The molecule has 0 aromatic heterocycles. The fourth-order valence-corrected chi connectivity index (χ4v) is 2.78. The van der Waals surface area contributed by atoms with Crippen molar-refractivity contribution in [1.82, 2.24) is 0 Å². The Hall–Kier alpha value is -0.340. The summed E-state index contributed by atoms with van der Waals surface area (Å²) < 4.78 is 1.02. The van der Waals surface area contributed by atoms with Crippen molar-refractivity contribution >= 4 is 15.9 Å². The van der Waals surface area contributed by atoms with Gasteiger partial charge in [-0.2, -0.15) is 0 Å². The van der Waals surface area contributed by atoms with Crippen LogP contribution in [0.15, 0.2) is 22.7 Å². The van der Waals surface area contributed by atoms with Gasteiger partial charge in [-0.15, -0.1) is 0 Å². The average Bonchev–Trinajstić information content (AvgIpc) is 2.17. The van der Waals surface area contributed by atoms with E-state index in [9.17, 15) is 5.11 Å².